The third kappa shape index (κ3) is 4.12. The van der Waals surface area contributed by atoms with Crippen LogP contribution in [0.3, 0.4) is 0 Å². The van der Waals surface area contributed by atoms with Crippen molar-refractivity contribution >= 4 is 11.8 Å². The van der Waals surface area contributed by atoms with Gasteiger partial charge in [-0.3, -0.25) is 4.57 Å². The van der Waals surface area contributed by atoms with Crippen molar-refractivity contribution in [1.82, 2.24) is 14.8 Å². The van der Waals surface area contributed by atoms with E-state index in [9.17, 15) is 0 Å². The highest BCUT2D eigenvalue weighted by Crippen LogP contribution is 2.28. The van der Waals surface area contributed by atoms with E-state index in [1.165, 1.54) is 11.1 Å². The average molecular weight is 391 g/mol. The van der Waals surface area contributed by atoms with Crippen molar-refractivity contribution in [1.29, 1.82) is 0 Å². The Kier molecular flexibility index (Phi) is 5.48. The van der Waals surface area contributed by atoms with Crippen LogP contribution >= 0.6 is 11.8 Å². The fourth-order valence-corrected chi connectivity index (χ4v) is 3.86. The SMILES string of the molecule is COc1ccc(CSc2nnc(-c3cccc(C)c3)n2Cc2ccco2)cc1. The molecule has 142 valence electrons. The summed E-state index contributed by atoms with van der Waals surface area (Å²) >= 11 is 1.66. The molecule has 6 heteroatoms. The Morgan fingerprint density at radius 2 is 1.89 bits per heavy atom. The molecule has 0 fully saturated rings. The van der Waals surface area contributed by atoms with Crippen LogP contribution in [-0.2, 0) is 12.3 Å². The van der Waals surface area contributed by atoms with Crippen molar-refractivity contribution in [2.75, 3.05) is 7.11 Å². The lowest BCUT2D eigenvalue weighted by atomic mass is 10.1. The van der Waals surface area contributed by atoms with Crippen LogP contribution in [-0.4, -0.2) is 21.9 Å². The summed E-state index contributed by atoms with van der Waals surface area (Å²) in [6.45, 7) is 2.67. The first kappa shape index (κ1) is 18.4. The minimum Gasteiger partial charge on any atom is -0.497 e. The zero-order valence-electron chi connectivity index (χ0n) is 15.8. The Balaban J connectivity index is 1.62. The predicted octanol–water partition coefficient (Wildman–Crippen LogP) is 5.20. The summed E-state index contributed by atoms with van der Waals surface area (Å²) in [5.41, 5.74) is 3.45. The number of furan rings is 1. The van der Waals surface area contributed by atoms with E-state index < -0.39 is 0 Å². The molecule has 0 radical (unpaired) electrons. The lowest BCUT2D eigenvalue weighted by Gasteiger charge is -2.09. The molecule has 0 N–H and O–H groups in total. The number of thioether (sulfide) groups is 1. The molecule has 5 nitrogen and oxygen atoms in total. The second-order valence-corrected chi connectivity index (χ2v) is 7.42. The molecule has 0 atom stereocenters. The van der Waals surface area contributed by atoms with Gasteiger partial charge in [0.2, 0.25) is 0 Å². The van der Waals surface area contributed by atoms with Crippen LogP contribution in [0.25, 0.3) is 11.4 Å². The van der Waals surface area contributed by atoms with Gasteiger partial charge in [-0.2, -0.15) is 0 Å². The summed E-state index contributed by atoms with van der Waals surface area (Å²) in [6.07, 6.45) is 1.69. The van der Waals surface area contributed by atoms with Gasteiger partial charge < -0.3 is 9.15 Å². The molecule has 2 aromatic heterocycles. The molecule has 0 amide bonds. The maximum absolute atomic E-state index is 5.57. The third-order valence-electron chi connectivity index (χ3n) is 4.41. The van der Waals surface area contributed by atoms with Crippen molar-refractivity contribution in [3.8, 4) is 17.1 Å². The van der Waals surface area contributed by atoms with Crippen LogP contribution in [0, 0.1) is 6.92 Å². The maximum atomic E-state index is 5.57. The van der Waals surface area contributed by atoms with Gasteiger partial charge in [0, 0.05) is 11.3 Å². The number of aromatic nitrogens is 3. The first-order chi connectivity index (χ1) is 13.7. The van der Waals surface area contributed by atoms with Crippen LogP contribution < -0.4 is 4.74 Å². The quantitative estimate of drug-likeness (QED) is 0.406. The van der Waals surface area contributed by atoms with Gasteiger partial charge >= 0.3 is 0 Å². The molecule has 4 aromatic rings. The molecular formula is C22H21N3O2S. The summed E-state index contributed by atoms with van der Waals surface area (Å²) in [7, 11) is 1.67. The lowest BCUT2D eigenvalue weighted by molar-refractivity contribution is 0.414. The van der Waals surface area contributed by atoms with Crippen molar-refractivity contribution < 1.29 is 9.15 Å². The number of benzene rings is 2. The van der Waals surface area contributed by atoms with E-state index in [0.717, 1.165) is 33.8 Å². The van der Waals surface area contributed by atoms with Crippen molar-refractivity contribution in [3.63, 3.8) is 0 Å². The van der Waals surface area contributed by atoms with Crippen LogP contribution in [0.5, 0.6) is 5.75 Å². The molecule has 0 unspecified atom stereocenters. The van der Waals surface area contributed by atoms with E-state index in [1.54, 1.807) is 25.1 Å². The molecule has 0 saturated carbocycles. The first-order valence-corrected chi connectivity index (χ1v) is 10.00. The zero-order chi connectivity index (χ0) is 19.3. The number of methoxy groups -OCH3 is 1. The Morgan fingerprint density at radius 3 is 2.61 bits per heavy atom. The van der Waals surface area contributed by atoms with Gasteiger partial charge in [-0.1, -0.05) is 47.7 Å². The summed E-state index contributed by atoms with van der Waals surface area (Å²) in [5, 5.41) is 9.80. The number of rotatable bonds is 7. The number of hydrogen-bond acceptors (Lipinski definition) is 5. The normalized spacial score (nSPS) is 10.9. The van der Waals surface area contributed by atoms with Gasteiger partial charge in [0.15, 0.2) is 11.0 Å². The van der Waals surface area contributed by atoms with Crippen LogP contribution in [0.4, 0.5) is 0 Å². The molecule has 2 aromatic carbocycles. The molecule has 0 saturated heterocycles. The Hall–Kier alpha value is -2.99. The minimum atomic E-state index is 0.591. The van der Waals surface area contributed by atoms with Gasteiger partial charge in [0.1, 0.15) is 11.5 Å². The molecule has 0 aliphatic heterocycles. The van der Waals surface area contributed by atoms with E-state index in [4.69, 9.17) is 9.15 Å². The van der Waals surface area contributed by atoms with Gasteiger partial charge in [-0.05, 0) is 42.8 Å². The summed E-state index contributed by atoms with van der Waals surface area (Å²) in [5.74, 6) is 3.38. The van der Waals surface area contributed by atoms with E-state index >= 15 is 0 Å². The summed E-state index contributed by atoms with van der Waals surface area (Å²) in [4.78, 5) is 0. The maximum Gasteiger partial charge on any atom is 0.192 e. The van der Waals surface area contributed by atoms with Gasteiger partial charge in [0.25, 0.3) is 0 Å². The van der Waals surface area contributed by atoms with Gasteiger partial charge in [-0.15, -0.1) is 10.2 Å². The highest BCUT2D eigenvalue weighted by Gasteiger charge is 2.16. The fraction of sp³-hybridized carbons (Fsp3) is 0.182. The fourth-order valence-electron chi connectivity index (χ4n) is 2.96. The second-order valence-electron chi connectivity index (χ2n) is 6.48. The number of hydrogen-bond donors (Lipinski definition) is 0. The molecule has 28 heavy (non-hydrogen) atoms. The smallest absolute Gasteiger partial charge is 0.192 e. The van der Waals surface area contributed by atoms with Crippen LogP contribution in [0.15, 0.2) is 76.5 Å². The lowest BCUT2D eigenvalue weighted by Crippen LogP contribution is -2.03. The summed E-state index contributed by atoms with van der Waals surface area (Å²) < 4.78 is 12.9. The molecule has 0 aliphatic carbocycles. The highest BCUT2D eigenvalue weighted by atomic mass is 32.2. The number of aryl methyl sites for hydroxylation is 1. The Morgan fingerprint density at radius 1 is 1.04 bits per heavy atom. The van der Waals surface area contributed by atoms with Gasteiger partial charge in [0.05, 0.1) is 19.9 Å². The Labute approximate surface area is 168 Å². The zero-order valence-corrected chi connectivity index (χ0v) is 16.6. The van der Waals surface area contributed by atoms with E-state index in [-0.39, 0.29) is 0 Å². The van der Waals surface area contributed by atoms with Gasteiger partial charge in [-0.25, -0.2) is 0 Å². The largest absolute Gasteiger partial charge is 0.497 e. The van der Waals surface area contributed by atoms with Crippen molar-refractivity contribution in [2.45, 2.75) is 24.4 Å². The van der Waals surface area contributed by atoms with Crippen LogP contribution in [0.2, 0.25) is 0 Å². The molecule has 0 spiro atoms. The monoisotopic (exact) mass is 391 g/mol. The molecule has 0 bridgehead atoms. The van der Waals surface area contributed by atoms with E-state index in [0.29, 0.717) is 6.54 Å². The van der Waals surface area contributed by atoms with E-state index in [2.05, 4.69) is 52.0 Å². The van der Waals surface area contributed by atoms with E-state index in [1.807, 2.05) is 30.3 Å². The average Bonchev–Trinajstić information content (AvgIpc) is 3.37. The molecule has 2 heterocycles. The molecule has 0 aliphatic rings. The topological polar surface area (TPSA) is 53.1 Å². The predicted molar refractivity (Wildman–Crippen MR) is 111 cm³/mol. The minimum absolute atomic E-state index is 0.591. The third-order valence-corrected chi connectivity index (χ3v) is 5.45. The highest BCUT2D eigenvalue weighted by molar-refractivity contribution is 7.98. The second kappa shape index (κ2) is 8.35. The molecular weight excluding hydrogens is 370 g/mol. The molecule has 4 rings (SSSR count). The van der Waals surface area contributed by atoms with Crippen LogP contribution in [0.1, 0.15) is 16.9 Å². The Bertz CT molecular complexity index is 1040. The van der Waals surface area contributed by atoms with Crippen molar-refractivity contribution in [2.24, 2.45) is 0 Å². The first-order valence-electron chi connectivity index (χ1n) is 9.01. The number of ether oxygens (including phenoxy) is 1. The summed E-state index contributed by atoms with van der Waals surface area (Å²) in [6, 6.07) is 20.3. The number of nitrogens with zero attached hydrogens (tertiary/aromatic N) is 3. The standard InChI is InChI=1S/C22H21N3O2S/c1-16-5-3-6-18(13-16)21-23-24-22(25(21)14-20-7-4-12-27-20)28-15-17-8-10-19(26-2)11-9-17/h3-13H,14-15H2,1-2H3. The van der Waals surface area contributed by atoms with Crippen molar-refractivity contribution in [3.05, 3.63) is 83.8 Å².